The summed E-state index contributed by atoms with van der Waals surface area (Å²) in [7, 11) is -3.94. The molecule has 1 N–H and O–H groups in total. The molecular formula is C18H15Cl2N2O3P. The van der Waals surface area contributed by atoms with E-state index in [9.17, 15) is 4.57 Å². The normalized spacial score (nSPS) is 11.0. The fourth-order valence-corrected chi connectivity index (χ4v) is 3.87. The van der Waals surface area contributed by atoms with Crippen molar-refractivity contribution in [3.05, 3.63) is 82.5 Å². The van der Waals surface area contributed by atoms with Crippen molar-refractivity contribution in [1.82, 2.24) is 4.98 Å². The molecule has 0 unspecified atom stereocenters. The molecular weight excluding hydrogens is 394 g/mol. The van der Waals surface area contributed by atoms with Crippen LogP contribution in [0.4, 0.5) is 5.82 Å². The summed E-state index contributed by atoms with van der Waals surface area (Å²) in [5.74, 6) is 0.756. The van der Waals surface area contributed by atoms with Crippen molar-refractivity contribution in [3.63, 3.8) is 0 Å². The van der Waals surface area contributed by atoms with Gasteiger partial charge in [0.1, 0.15) is 5.82 Å². The van der Waals surface area contributed by atoms with Crippen molar-refractivity contribution >= 4 is 36.8 Å². The first kappa shape index (κ1) is 18.6. The fraction of sp³-hybridized carbons (Fsp3) is 0.0556. The number of halogens is 2. The zero-order chi connectivity index (χ0) is 18.6. The van der Waals surface area contributed by atoms with Crippen molar-refractivity contribution < 1.29 is 13.6 Å². The smallest absolute Gasteiger partial charge is 0.399 e. The Balaban J connectivity index is 1.94. The van der Waals surface area contributed by atoms with E-state index in [0.29, 0.717) is 15.9 Å². The number of rotatable bonds is 6. The Hall–Kier alpha value is -2.20. The molecule has 0 atom stereocenters. The molecule has 5 nitrogen and oxygen atoms in total. The van der Waals surface area contributed by atoms with Gasteiger partial charge in [0.15, 0.2) is 11.5 Å². The molecule has 134 valence electrons. The minimum atomic E-state index is -3.94. The maximum absolute atomic E-state index is 13.4. The number of nitrogens with one attached hydrogen (secondary N) is 1. The van der Waals surface area contributed by atoms with Crippen LogP contribution >= 0.6 is 30.9 Å². The van der Waals surface area contributed by atoms with Gasteiger partial charge in [-0.1, -0.05) is 53.5 Å². The predicted octanol–water partition coefficient (Wildman–Crippen LogP) is 6.37. The third kappa shape index (κ3) is 4.70. The summed E-state index contributed by atoms with van der Waals surface area (Å²) >= 11 is 12.2. The predicted molar refractivity (Wildman–Crippen MR) is 104 cm³/mol. The standard InChI is InChI=1S/C18H15Cl2N2O3P/c1-13-10-11-18(21-12-13)22-26(23,24-16-8-4-2-6-14(16)19)25-17-9-5-3-7-15(17)20/h2-12H,1H3,(H,21,22,23). The molecule has 1 heterocycles. The molecule has 0 spiro atoms. The highest BCUT2D eigenvalue weighted by atomic mass is 35.5. The molecule has 0 amide bonds. The average molecular weight is 409 g/mol. The fourth-order valence-electron chi connectivity index (χ4n) is 2.03. The van der Waals surface area contributed by atoms with E-state index in [0.717, 1.165) is 5.56 Å². The van der Waals surface area contributed by atoms with E-state index in [1.807, 2.05) is 13.0 Å². The van der Waals surface area contributed by atoms with Crippen LogP contribution in [-0.2, 0) is 4.57 Å². The van der Waals surface area contributed by atoms with Gasteiger partial charge in [0.25, 0.3) is 0 Å². The molecule has 0 bridgehead atoms. The maximum Gasteiger partial charge on any atom is 0.542 e. The molecule has 0 saturated carbocycles. The lowest BCUT2D eigenvalue weighted by Crippen LogP contribution is -2.11. The van der Waals surface area contributed by atoms with Gasteiger partial charge in [0, 0.05) is 6.20 Å². The number of aromatic nitrogens is 1. The van der Waals surface area contributed by atoms with E-state index in [2.05, 4.69) is 10.1 Å². The number of hydrogen-bond donors (Lipinski definition) is 1. The van der Waals surface area contributed by atoms with Crippen molar-refractivity contribution in [2.45, 2.75) is 6.92 Å². The minimum absolute atomic E-state index is 0.212. The molecule has 0 radical (unpaired) electrons. The monoisotopic (exact) mass is 408 g/mol. The summed E-state index contributed by atoms with van der Waals surface area (Å²) in [6, 6.07) is 16.8. The number of para-hydroxylation sites is 2. The van der Waals surface area contributed by atoms with Crippen LogP contribution in [0.5, 0.6) is 11.5 Å². The molecule has 0 fully saturated rings. The van der Waals surface area contributed by atoms with E-state index in [4.69, 9.17) is 32.2 Å². The second-order valence-corrected chi connectivity index (χ2v) is 7.77. The van der Waals surface area contributed by atoms with Crippen molar-refractivity contribution in [1.29, 1.82) is 0 Å². The minimum Gasteiger partial charge on any atom is -0.399 e. The summed E-state index contributed by atoms with van der Waals surface area (Å²) in [6.45, 7) is 1.90. The van der Waals surface area contributed by atoms with Gasteiger partial charge in [-0.3, -0.25) is 5.09 Å². The van der Waals surface area contributed by atoms with Gasteiger partial charge >= 0.3 is 7.75 Å². The highest BCUT2D eigenvalue weighted by Crippen LogP contribution is 2.50. The lowest BCUT2D eigenvalue weighted by molar-refractivity contribution is 0.393. The van der Waals surface area contributed by atoms with Gasteiger partial charge in [-0.15, -0.1) is 0 Å². The van der Waals surface area contributed by atoms with Crippen LogP contribution in [0.3, 0.4) is 0 Å². The van der Waals surface area contributed by atoms with Crippen molar-refractivity contribution in [2.75, 3.05) is 5.09 Å². The van der Waals surface area contributed by atoms with Crippen LogP contribution in [0.1, 0.15) is 5.56 Å². The lowest BCUT2D eigenvalue weighted by atomic mass is 10.3. The van der Waals surface area contributed by atoms with Crippen molar-refractivity contribution in [2.24, 2.45) is 0 Å². The second-order valence-electron chi connectivity index (χ2n) is 5.37. The molecule has 8 heteroatoms. The van der Waals surface area contributed by atoms with E-state index in [1.54, 1.807) is 60.8 Å². The van der Waals surface area contributed by atoms with Gasteiger partial charge in [0.2, 0.25) is 0 Å². The summed E-state index contributed by atoms with van der Waals surface area (Å²) < 4.78 is 24.6. The Labute approximate surface area is 161 Å². The summed E-state index contributed by atoms with van der Waals surface area (Å²) in [4.78, 5) is 4.18. The van der Waals surface area contributed by atoms with Crippen LogP contribution < -0.4 is 14.1 Å². The number of anilines is 1. The molecule has 1 aromatic heterocycles. The summed E-state index contributed by atoms with van der Waals surface area (Å²) in [6.07, 6.45) is 1.64. The van der Waals surface area contributed by atoms with Gasteiger partial charge in [-0.2, -0.15) is 0 Å². The van der Waals surface area contributed by atoms with E-state index >= 15 is 0 Å². The first-order valence-electron chi connectivity index (χ1n) is 7.64. The number of hydrogen-bond acceptors (Lipinski definition) is 4. The van der Waals surface area contributed by atoms with Crippen LogP contribution in [0.15, 0.2) is 66.9 Å². The molecule has 2 aromatic carbocycles. The quantitative estimate of drug-likeness (QED) is 0.479. The van der Waals surface area contributed by atoms with Crippen molar-refractivity contribution in [3.8, 4) is 11.5 Å². The highest BCUT2D eigenvalue weighted by molar-refractivity contribution is 7.56. The summed E-state index contributed by atoms with van der Waals surface area (Å²) in [5.41, 5.74) is 0.962. The highest BCUT2D eigenvalue weighted by Gasteiger charge is 2.31. The van der Waals surface area contributed by atoms with Crippen LogP contribution in [0, 0.1) is 6.92 Å². The van der Waals surface area contributed by atoms with Crippen LogP contribution in [0.2, 0.25) is 10.0 Å². The number of benzene rings is 2. The maximum atomic E-state index is 13.4. The average Bonchev–Trinajstić information content (AvgIpc) is 2.61. The Kier molecular flexibility index (Phi) is 5.72. The topological polar surface area (TPSA) is 60.5 Å². The molecule has 0 aliphatic rings. The molecule has 0 aliphatic heterocycles. The second kappa shape index (κ2) is 8.00. The third-order valence-corrected chi connectivity index (χ3v) is 5.27. The molecule has 3 aromatic rings. The zero-order valence-electron chi connectivity index (χ0n) is 13.7. The molecule has 3 rings (SSSR count). The van der Waals surface area contributed by atoms with Gasteiger partial charge in [-0.05, 0) is 42.8 Å². The Morgan fingerprint density at radius 3 is 1.88 bits per heavy atom. The largest absolute Gasteiger partial charge is 0.542 e. The molecule has 0 saturated heterocycles. The van der Waals surface area contributed by atoms with Gasteiger partial charge < -0.3 is 9.05 Å². The van der Waals surface area contributed by atoms with Gasteiger partial charge in [0.05, 0.1) is 10.0 Å². The first-order chi connectivity index (χ1) is 12.5. The number of nitrogens with zero attached hydrogens (tertiary/aromatic N) is 1. The van der Waals surface area contributed by atoms with Crippen LogP contribution in [-0.4, -0.2) is 4.98 Å². The number of aryl methyl sites for hydroxylation is 1. The number of pyridine rings is 1. The third-order valence-electron chi connectivity index (χ3n) is 3.27. The van der Waals surface area contributed by atoms with E-state index in [-0.39, 0.29) is 11.5 Å². The first-order valence-corrected chi connectivity index (χ1v) is 9.94. The van der Waals surface area contributed by atoms with Gasteiger partial charge in [-0.25, -0.2) is 9.55 Å². The SMILES string of the molecule is Cc1ccc(NP(=O)(Oc2ccccc2Cl)Oc2ccccc2Cl)nc1. The molecule has 0 aliphatic carbocycles. The molecule has 26 heavy (non-hydrogen) atoms. The van der Waals surface area contributed by atoms with E-state index in [1.165, 1.54) is 0 Å². The lowest BCUT2D eigenvalue weighted by Gasteiger charge is -2.21. The van der Waals surface area contributed by atoms with Crippen LogP contribution in [0.25, 0.3) is 0 Å². The van der Waals surface area contributed by atoms with E-state index < -0.39 is 7.75 Å². The summed E-state index contributed by atoms with van der Waals surface area (Å²) in [5, 5.41) is 3.32. The Morgan fingerprint density at radius 1 is 0.885 bits per heavy atom. The Morgan fingerprint density at radius 2 is 1.42 bits per heavy atom. The Bertz CT molecular complexity index is 900. The zero-order valence-corrected chi connectivity index (χ0v) is 16.1.